The van der Waals surface area contributed by atoms with Crippen LogP contribution in [0.4, 0.5) is 0 Å². The Morgan fingerprint density at radius 1 is 1.48 bits per heavy atom. The minimum absolute atomic E-state index is 0.0704. The Morgan fingerprint density at radius 3 is 2.70 bits per heavy atom. The number of aromatic nitrogens is 2. The van der Waals surface area contributed by atoms with Crippen LogP contribution in [0.25, 0.3) is 0 Å². The molecule has 0 radical (unpaired) electrons. The van der Waals surface area contributed by atoms with E-state index in [0.29, 0.717) is 23.2 Å². The predicted molar refractivity (Wildman–Crippen MR) is 91.9 cm³/mol. The smallest absolute Gasteiger partial charge is 0.256 e. The summed E-state index contributed by atoms with van der Waals surface area (Å²) < 4.78 is 7.42. The van der Waals surface area contributed by atoms with Gasteiger partial charge in [0.1, 0.15) is 5.15 Å². The molecule has 6 heteroatoms. The molecule has 1 aliphatic heterocycles. The lowest BCUT2D eigenvalue weighted by atomic mass is 9.81. The first-order valence-corrected chi connectivity index (χ1v) is 8.63. The van der Waals surface area contributed by atoms with Gasteiger partial charge in [0.25, 0.3) is 5.91 Å². The third-order valence-electron chi connectivity index (χ3n) is 4.37. The number of amides is 1. The largest absolute Gasteiger partial charge is 0.377 e. The highest BCUT2D eigenvalue weighted by Crippen LogP contribution is 2.34. The summed E-state index contributed by atoms with van der Waals surface area (Å²) in [5, 5.41) is 7.79. The van der Waals surface area contributed by atoms with Crippen LogP contribution in [0.1, 0.15) is 63.0 Å². The summed E-state index contributed by atoms with van der Waals surface area (Å²) in [6.07, 6.45) is 1.14. The average molecular weight is 342 g/mol. The van der Waals surface area contributed by atoms with Crippen LogP contribution in [-0.4, -0.2) is 34.9 Å². The van der Waals surface area contributed by atoms with Crippen molar-refractivity contribution in [2.45, 2.75) is 53.1 Å². The first-order chi connectivity index (χ1) is 10.6. The Morgan fingerprint density at radius 2 is 2.13 bits per heavy atom. The second-order valence-electron chi connectivity index (χ2n) is 7.75. The van der Waals surface area contributed by atoms with Gasteiger partial charge in [0.05, 0.1) is 17.4 Å². The van der Waals surface area contributed by atoms with E-state index in [1.165, 1.54) is 0 Å². The van der Waals surface area contributed by atoms with Crippen LogP contribution in [0, 0.1) is 11.3 Å². The average Bonchev–Trinajstić information content (AvgIpc) is 3.02. The molecule has 5 nitrogen and oxygen atoms in total. The lowest BCUT2D eigenvalue weighted by Crippen LogP contribution is -2.39. The van der Waals surface area contributed by atoms with Gasteiger partial charge in [-0.05, 0) is 17.8 Å². The number of hydrogen-bond acceptors (Lipinski definition) is 3. The normalized spacial score (nSPS) is 21.9. The highest BCUT2D eigenvalue weighted by Gasteiger charge is 2.37. The molecule has 0 bridgehead atoms. The quantitative estimate of drug-likeness (QED) is 0.913. The van der Waals surface area contributed by atoms with E-state index in [1.807, 2.05) is 13.8 Å². The van der Waals surface area contributed by atoms with Gasteiger partial charge in [-0.3, -0.25) is 9.48 Å². The van der Waals surface area contributed by atoms with Gasteiger partial charge in [-0.15, -0.1) is 0 Å². The van der Waals surface area contributed by atoms with Gasteiger partial charge in [0.2, 0.25) is 0 Å². The summed E-state index contributed by atoms with van der Waals surface area (Å²) in [5.41, 5.74) is 1.31. The van der Waals surface area contributed by atoms with E-state index in [4.69, 9.17) is 16.3 Å². The summed E-state index contributed by atoms with van der Waals surface area (Å²) in [5.74, 6) is 0.329. The maximum atomic E-state index is 12.6. The van der Waals surface area contributed by atoms with Crippen LogP contribution < -0.4 is 5.32 Å². The Balaban J connectivity index is 2.09. The molecule has 1 aromatic rings. The molecule has 130 valence electrons. The van der Waals surface area contributed by atoms with Crippen LogP contribution in [0.3, 0.4) is 0 Å². The summed E-state index contributed by atoms with van der Waals surface area (Å²) >= 11 is 6.26. The molecule has 0 unspecified atom stereocenters. The highest BCUT2D eigenvalue weighted by molar-refractivity contribution is 6.33. The van der Waals surface area contributed by atoms with Crippen molar-refractivity contribution in [3.05, 3.63) is 16.4 Å². The Bertz CT molecular complexity index is 575. The van der Waals surface area contributed by atoms with Crippen LogP contribution in [-0.2, 0) is 11.8 Å². The number of carbonyl (C=O) groups is 1. The van der Waals surface area contributed by atoms with Crippen LogP contribution >= 0.6 is 11.6 Å². The van der Waals surface area contributed by atoms with E-state index in [0.717, 1.165) is 18.7 Å². The Hall–Kier alpha value is -1.07. The third-order valence-corrected chi connectivity index (χ3v) is 4.80. The van der Waals surface area contributed by atoms with Gasteiger partial charge in [0, 0.05) is 26.1 Å². The number of rotatable bonds is 4. The molecule has 0 aliphatic carbocycles. The molecule has 1 N–H and O–H groups in total. The SMILES string of the molecule is CC(C)c1nn(C)c(Cl)c1C(=O)NC[C@@H]1CCO[C@H]1C(C)(C)C. The van der Waals surface area contributed by atoms with Crippen molar-refractivity contribution in [1.29, 1.82) is 0 Å². The molecule has 0 aromatic carbocycles. The topological polar surface area (TPSA) is 56.2 Å². The van der Waals surface area contributed by atoms with Crippen molar-refractivity contribution >= 4 is 17.5 Å². The first-order valence-electron chi connectivity index (χ1n) is 8.25. The number of nitrogens with zero attached hydrogens (tertiary/aromatic N) is 2. The minimum atomic E-state index is -0.147. The molecule has 1 amide bonds. The summed E-state index contributed by atoms with van der Waals surface area (Å²) in [4.78, 5) is 12.6. The fourth-order valence-corrected chi connectivity index (χ4v) is 3.47. The van der Waals surface area contributed by atoms with Gasteiger partial charge in [-0.2, -0.15) is 5.10 Å². The van der Waals surface area contributed by atoms with Gasteiger partial charge in [0.15, 0.2) is 0 Å². The van der Waals surface area contributed by atoms with Crippen LogP contribution in [0.5, 0.6) is 0 Å². The fraction of sp³-hybridized carbons (Fsp3) is 0.765. The molecule has 1 saturated heterocycles. The second kappa shape index (κ2) is 6.81. The van der Waals surface area contributed by atoms with Crippen molar-refractivity contribution in [3.63, 3.8) is 0 Å². The molecule has 0 saturated carbocycles. The van der Waals surface area contributed by atoms with Gasteiger partial charge in [-0.25, -0.2) is 0 Å². The zero-order valence-corrected chi connectivity index (χ0v) is 15.7. The number of nitrogens with one attached hydrogen (secondary N) is 1. The van der Waals surface area contributed by atoms with Gasteiger partial charge >= 0.3 is 0 Å². The Labute approximate surface area is 143 Å². The van der Waals surface area contributed by atoms with Crippen molar-refractivity contribution in [3.8, 4) is 0 Å². The molecular formula is C17H28ClN3O2. The van der Waals surface area contributed by atoms with Gasteiger partial charge < -0.3 is 10.1 Å². The van der Waals surface area contributed by atoms with Crippen molar-refractivity contribution in [1.82, 2.24) is 15.1 Å². The maximum absolute atomic E-state index is 12.6. The number of aryl methyl sites for hydroxylation is 1. The zero-order chi connectivity index (χ0) is 17.4. The first kappa shape index (κ1) is 18.3. The van der Waals surface area contributed by atoms with Crippen LogP contribution in [0.15, 0.2) is 0 Å². The maximum Gasteiger partial charge on any atom is 0.256 e. The molecule has 1 aliphatic rings. The van der Waals surface area contributed by atoms with E-state index in [-0.39, 0.29) is 23.3 Å². The highest BCUT2D eigenvalue weighted by atomic mass is 35.5. The summed E-state index contributed by atoms with van der Waals surface area (Å²) in [6.45, 7) is 11.9. The molecule has 1 fully saturated rings. The number of carbonyl (C=O) groups excluding carboxylic acids is 1. The van der Waals surface area contributed by atoms with E-state index < -0.39 is 0 Å². The van der Waals surface area contributed by atoms with Crippen LogP contribution in [0.2, 0.25) is 5.15 Å². The lowest BCUT2D eigenvalue weighted by Gasteiger charge is -2.31. The van der Waals surface area contributed by atoms with E-state index in [9.17, 15) is 4.79 Å². The van der Waals surface area contributed by atoms with E-state index >= 15 is 0 Å². The number of hydrogen-bond donors (Lipinski definition) is 1. The molecule has 2 rings (SSSR count). The third kappa shape index (κ3) is 3.89. The molecule has 23 heavy (non-hydrogen) atoms. The minimum Gasteiger partial charge on any atom is -0.377 e. The second-order valence-corrected chi connectivity index (χ2v) is 8.10. The molecular weight excluding hydrogens is 314 g/mol. The van der Waals surface area contributed by atoms with E-state index in [1.54, 1.807) is 11.7 Å². The van der Waals surface area contributed by atoms with E-state index in [2.05, 4.69) is 31.2 Å². The van der Waals surface area contributed by atoms with Gasteiger partial charge in [-0.1, -0.05) is 46.2 Å². The molecule has 1 aromatic heterocycles. The fourth-order valence-electron chi connectivity index (χ4n) is 3.25. The van der Waals surface area contributed by atoms with Crippen molar-refractivity contribution in [2.24, 2.45) is 18.4 Å². The molecule has 2 atom stereocenters. The standard InChI is InChI=1S/C17H28ClN3O2/c1-10(2)13-12(15(18)21(6)20-13)16(22)19-9-11-7-8-23-14(11)17(3,4)5/h10-11,14H,7-9H2,1-6H3,(H,19,22)/t11-,14+/m0/s1. The summed E-state index contributed by atoms with van der Waals surface area (Å²) in [6, 6.07) is 0. The zero-order valence-electron chi connectivity index (χ0n) is 14.9. The predicted octanol–water partition coefficient (Wildman–Crippen LogP) is 3.38. The monoisotopic (exact) mass is 341 g/mol. The molecule has 0 spiro atoms. The number of ether oxygens (including phenoxy) is 1. The van der Waals surface area contributed by atoms with Crippen molar-refractivity contribution < 1.29 is 9.53 Å². The number of halogens is 1. The Kier molecular flexibility index (Phi) is 5.41. The summed E-state index contributed by atoms with van der Waals surface area (Å²) in [7, 11) is 1.76. The molecule has 2 heterocycles. The van der Waals surface area contributed by atoms with Crippen molar-refractivity contribution in [2.75, 3.05) is 13.2 Å². The lowest BCUT2D eigenvalue weighted by molar-refractivity contribution is 0.00737.